The Labute approximate surface area is 108 Å². The maximum Gasteiger partial charge on any atom is 0.0690 e. The zero-order valence-electron chi connectivity index (χ0n) is 9.31. The predicted molar refractivity (Wildman–Crippen MR) is 69.2 cm³/mol. The third kappa shape index (κ3) is 2.42. The van der Waals surface area contributed by atoms with Crippen molar-refractivity contribution < 1.29 is 5.11 Å². The second-order valence-electron chi connectivity index (χ2n) is 4.67. The van der Waals surface area contributed by atoms with E-state index < -0.39 is 5.60 Å². The van der Waals surface area contributed by atoms with Crippen LogP contribution in [-0.4, -0.2) is 20.5 Å². The van der Waals surface area contributed by atoms with Crippen molar-refractivity contribution >= 4 is 15.9 Å². The van der Waals surface area contributed by atoms with Gasteiger partial charge >= 0.3 is 0 Å². The number of hydrogen-bond donors (Lipinski definition) is 1. The van der Waals surface area contributed by atoms with Crippen molar-refractivity contribution in [1.82, 2.24) is 9.78 Å². The molecule has 0 bridgehead atoms. The zero-order valence-corrected chi connectivity index (χ0v) is 10.9. The molecule has 0 spiro atoms. The molecule has 1 aromatic heterocycles. The molecular weight excluding hydrogens is 280 g/mol. The maximum absolute atomic E-state index is 9.85. The number of aliphatic hydroxyl groups is 1. The van der Waals surface area contributed by atoms with Gasteiger partial charge in [-0.05, 0) is 46.5 Å². The molecule has 0 amide bonds. The Balaban J connectivity index is 1.80. The molecular formula is C13H13BrN2O. The van der Waals surface area contributed by atoms with Crippen molar-refractivity contribution in [2.75, 3.05) is 0 Å². The van der Waals surface area contributed by atoms with Crippen molar-refractivity contribution in [3.63, 3.8) is 0 Å². The first-order valence-electron chi connectivity index (χ1n) is 5.67. The molecule has 0 atom stereocenters. The second kappa shape index (κ2) is 3.96. The Hall–Kier alpha value is -1.13. The fourth-order valence-corrected chi connectivity index (χ4v) is 2.20. The molecule has 1 saturated carbocycles. The number of nitrogens with zero attached hydrogens (tertiary/aromatic N) is 2. The van der Waals surface area contributed by atoms with Crippen LogP contribution in [0, 0.1) is 0 Å². The highest BCUT2D eigenvalue weighted by molar-refractivity contribution is 9.10. The molecule has 3 rings (SSSR count). The summed E-state index contributed by atoms with van der Waals surface area (Å²) in [5, 5.41) is 14.1. The van der Waals surface area contributed by atoms with Crippen LogP contribution in [0.3, 0.4) is 0 Å². The van der Waals surface area contributed by atoms with Gasteiger partial charge in [0.15, 0.2) is 0 Å². The highest BCUT2D eigenvalue weighted by atomic mass is 79.9. The molecule has 1 heterocycles. The number of rotatable bonds is 3. The Morgan fingerprint density at radius 1 is 1.29 bits per heavy atom. The molecule has 0 unspecified atom stereocenters. The molecule has 4 heteroatoms. The Morgan fingerprint density at radius 2 is 2.00 bits per heavy atom. The predicted octanol–water partition coefficient (Wildman–Crippen LogP) is 2.70. The number of halogens is 1. The molecule has 1 aliphatic rings. The van der Waals surface area contributed by atoms with Crippen LogP contribution in [0.2, 0.25) is 0 Å². The highest BCUT2D eigenvalue weighted by Gasteiger charge is 2.39. The Kier molecular flexibility index (Phi) is 2.56. The van der Waals surface area contributed by atoms with E-state index in [-0.39, 0.29) is 0 Å². The van der Waals surface area contributed by atoms with Gasteiger partial charge in [0, 0.05) is 12.6 Å². The molecule has 0 radical (unpaired) electrons. The van der Waals surface area contributed by atoms with Crippen LogP contribution in [0.15, 0.2) is 41.1 Å². The molecule has 1 aromatic carbocycles. The third-order valence-corrected chi connectivity index (χ3v) is 3.52. The van der Waals surface area contributed by atoms with Crippen LogP contribution in [-0.2, 0) is 6.42 Å². The summed E-state index contributed by atoms with van der Waals surface area (Å²) in [6, 6.07) is 8.17. The summed E-state index contributed by atoms with van der Waals surface area (Å²) in [5.41, 5.74) is 1.79. The van der Waals surface area contributed by atoms with Crippen LogP contribution in [0.5, 0.6) is 0 Å². The van der Waals surface area contributed by atoms with Gasteiger partial charge in [0.05, 0.1) is 22.0 Å². The topological polar surface area (TPSA) is 38.0 Å². The van der Waals surface area contributed by atoms with Gasteiger partial charge in [-0.15, -0.1) is 0 Å². The van der Waals surface area contributed by atoms with E-state index in [9.17, 15) is 5.11 Å². The first-order valence-corrected chi connectivity index (χ1v) is 6.46. The van der Waals surface area contributed by atoms with Gasteiger partial charge in [0.2, 0.25) is 0 Å². The first kappa shape index (κ1) is 11.0. The summed E-state index contributed by atoms with van der Waals surface area (Å²) >= 11 is 3.38. The minimum atomic E-state index is -0.420. The van der Waals surface area contributed by atoms with Gasteiger partial charge in [-0.1, -0.05) is 12.1 Å². The van der Waals surface area contributed by atoms with Crippen molar-refractivity contribution in [3.8, 4) is 5.69 Å². The minimum absolute atomic E-state index is 0.420. The van der Waals surface area contributed by atoms with Gasteiger partial charge in [0.1, 0.15) is 0 Å². The molecule has 1 aliphatic carbocycles. The summed E-state index contributed by atoms with van der Waals surface area (Å²) in [6.07, 6.45) is 6.31. The summed E-state index contributed by atoms with van der Waals surface area (Å²) in [5.74, 6) is 0. The van der Waals surface area contributed by atoms with Gasteiger partial charge in [-0.25, -0.2) is 4.68 Å². The lowest BCUT2D eigenvalue weighted by molar-refractivity contribution is 0.151. The van der Waals surface area contributed by atoms with Crippen LogP contribution < -0.4 is 0 Å². The third-order valence-electron chi connectivity index (χ3n) is 3.11. The number of hydrogen-bond acceptors (Lipinski definition) is 2. The van der Waals surface area contributed by atoms with Gasteiger partial charge in [0.25, 0.3) is 0 Å². The van der Waals surface area contributed by atoms with Crippen molar-refractivity contribution in [1.29, 1.82) is 0 Å². The lowest BCUT2D eigenvalue weighted by Gasteiger charge is -2.08. The molecule has 17 heavy (non-hydrogen) atoms. The van der Waals surface area contributed by atoms with Crippen molar-refractivity contribution in [2.24, 2.45) is 0 Å². The van der Waals surface area contributed by atoms with E-state index in [1.54, 1.807) is 6.20 Å². The summed E-state index contributed by atoms with van der Waals surface area (Å²) in [7, 11) is 0. The first-order chi connectivity index (χ1) is 8.15. The fraction of sp³-hybridized carbons (Fsp3) is 0.308. The average molecular weight is 293 g/mol. The minimum Gasteiger partial charge on any atom is -0.390 e. The summed E-state index contributed by atoms with van der Waals surface area (Å²) in [6.45, 7) is 0. The zero-order chi connectivity index (χ0) is 11.9. The van der Waals surface area contributed by atoms with Crippen molar-refractivity contribution in [2.45, 2.75) is 24.9 Å². The lowest BCUT2D eigenvalue weighted by Crippen LogP contribution is -2.10. The van der Waals surface area contributed by atoms with Crippen LogP contribution in [0.4, 0.5) is 0 Å². The van der Waals surface area contributed by atoms with Crippen molar-refractivity contribution in [3.05, 3.63) is 46.7 Å². The second-order valence-corrected chi connectivity index (χ2v) is 5.59. The van der Waals surface area contributed by atoms with E-state index >= 15 is 0 Å². The normalized spacial score (nSPS) is 17.1. The Bertz CT molecular complexity index is 529. The van der Waals surface area contributed by atoms with Crippen LogP contribution in [0.25, 0.3) is 5.69 Å². The maximum atomic E-state index is 9.85. The molecule has 1 fully saturated rings. The van der Waals surface area contributed by atoms with E-state index in [0.29, 0.717) is 0 Å². The van der Waals surface area contributed by atoms with E-state index in [1.165, 1.54) is 5.56 Å². The Morgan fingerprint density at radius 3 is 2.53 bits per heavy atom. The SMILES string of the molecule is OC1(Cc2ccc(-n3cc(Br)cn3)cc2)CC1. The van der Waals surface area contributed by atoms with Gasteiger partial charge in [-0.2, -0.15) is 5.10 Å². The largest absolute Gasteiger partial charge is 0.390 e. The van der Waals surface area contributed by atoms with E-state index in [0.717, 1.165) is 29.4 Å². The summed E-state index contributed by atoms with van der Waals surface area (Å²) < 4.78 is 2.79. The van der Waals surface area contributed by atoms with Gasteiger partial charge in [-0.3, -0.25) is 0 Å². The lowest BCUT2D eigenvalue weighted by atomic mass is 10.1. The monoisotopic (exact) mass is 292 g/mol. The number of aromatic nitrogens is 2. The molecule has 0 saturated heterocycles. The smallest absolute Gasteiger partial charge is 0.0690 e. The molecule has 1 N–H and O–H groups in total. The standard InChI is InChI=1S/C13H13BrN2O/c14-11-8-15-16(9-11)12-3-1-10(2-4-12)7-13(17)5-6-13/h1-4,8-9,17H,5-7H2. The fourth-order valence-electron chi connectivity index (χ4n) is 1.91. The molecule has 2 aromatic rings. The van der Waals surface area contributed by atoms with E-state index in [2.05, 4.69) is 33.2 Å². The van der Waals surface area contributed by atoms with Crippen LogP contribution in [0.1, 0.15) is 18.4 Å². The van der Waals surface area contributed by atoms with E-state index in [4.69, 9.17) is 0 Å². The van der Waals surface area contributed by atoms with Gasteiger partial charge < -0.3 is 5.11 Å². The van der Waals surface area contributed by atoms with E-state index in [1.807, 2.05) is 23.0 Å². The molecule has 0 aliphatic heterocycles. The molecule has 88 valence electrons. The number of benzene rings is 1. The quantitative estimate of drug-likeness (QED) is 0.945. The highest BCUT2D eigenvalue weighted by Crippen LogP contribution is 2.38. The molecule has 3 nitrogen and oxygen atoms in total. The van der Waals surface area contributed by atoms with Crippen LogP contribution >= 0.6 is 15.9 Å². The average Bonchev–Trinajstić information content (AvgIpc) is 2.87. The summed E-state index contributed by atoms with van der Waals surface area (Å²) in [4.78, 5) is 0.